The molecule has 0 saturated carbocycles. The minimum atomic E-state index is -1.13. The Morgan fingerprint density at radius 2 is 2.00 bits per heavy atom. The van der Waals surface area contributed by atoms with Crippen LogP contribution in [0.3, 0.4) is 0 Å². The van der Waals surface area contributed by atoms with Crippen molar-refractivity contribution in [3.63, 3.8) is 0 Å². The van der Waals surface area contributed by atoms with E-state index in [1.807, 2.05) is 42.5 Å². The van der Waals surface area contributed by atoms with Gasteiger partial charge in [0.05, 0.1) is 16.2 Å². The van der Waals surface area contributed by atoms with Gasteiger partial charge in [0.2, 0.25) is 5.91 Å². The molecule has 0 unspecified atom stereocenters. The molecule has 190 valence electrons. The van der Waals surface area contributed by atoms with Gasteiger partial charge < -0.3 is 25.6 Å². The third kappa shape index (κ3) is 6.21. The number of carbonyl (C=O) groups is 2. The number of hydrogen-bond donors (Lipinski definition) is 4. The van der Waals surface area contributed by atoms with Crippen molar-refractivity contribution in [1.82, 2.24) is 20.2 Å². The van der Waals surface area contributed by atoms with Crippen LogP contribution in [0.4, 0.5) is 10.6 Å². The summed E-state index contributed by atoms with van der Waals surface area (Å²) in [4.78, 5) is 34.8. The fourth-order valence-corrected chi connectivity index (χ4v) is 4.59. The molecule has 3 aromatic rings. The van der Waals surface area contributed by atoms with Crippen LogP contribution in [0.2, 0.25) is 0 Å². The summed E-state index contributed by atoms with van der Waals surface area (Å²) in [5.41, 5.74) is 2.29. The molecule has 11 heteroatoms. The summed E-state index contributed by atoms with van der Waals surface area (Å²) >= 11 is 3.55. The van der Waals surface area contributed by atoms with Crippen molar-refractivity contribution >= 4 is 44.8 Å². The third-order valence-electron chi connectivity index (χ3n) is 5.98. The molecule has 0 aliphatic carbocycles. The Labute approximate surface area is 216 Å². The van der Waals surface area contributed by atoms with Crippen LogP contribution in [-0.2, 0) is 11.4 Å². The number of anilines is 1. The second kappa shape index (κ2) is 12.0. The average molecular weight is 558 g/mol. The van der Waals surface area contributed by atoms with Crippen molar-refractivity contribution < 1.29 is 24.5 Å². The third-order valence-corrected chi connectivity index (χ3v) is 6.61. The Kier molecular flexibility index (Phi) is 8.55. The highest BCUT2D eigenvalue weighted by Gasteiger charge is 2.36. The van der Waals surface area contributed by atoms with E-state index in [2.05, 4.69) is 31.5 Å². The second-order valence-corrected chi connectivity index (χ2v) is 9.35. The molecular formula is C25H28BrN5O5. The number of amides is 2. The molecule has 0 spiro atoms. The summed E-state index contributed by atoms with van der Waals surface area (Å²) in [6.45, 7) is 0.821. The molecule has 10 nitrogen and oxygen atoms in total. The highest BCUT2D eigenvalue weighted by Crippen LogP contribution is 2.33. The van der Waals surface area contributed by atoms with Gasteiger partial charge in [-0.3, -0.25) is 14.7 Å². The van der Waals surface area contributed by atoms with Crippen LogP contribution in [0.25, 0.3) is 11.0 Å². The number of carboxylic acid groups (broad SMARTS) is 1. The zero-order chi connectivity index (χ0) is 25.5. The molecule has 1 fully saturated rings. The lowest BCUT2D eigenvalue weighted by atomic mass is 9.96. The van der Waals surface area contributed by atoms with Gasteiger partial charge >= 0.3 is 6.09 Å². The lowest BCUT2D eigenvalue weighted by Crippen LogP contribution is -2.55. The van der Waals surface area contributed by atoms with Gasteiger partial charge in [0.1, 0.15) is 24.0 Å². The number of rotatable bonds is 9. The quantitative estimate of drug-likeness (QED) is 0.294. The smallest absolute Gasteiger partial charge is 0.407 e. The van der Waals surface area contributed by atoms with E-state index in [1.54, 1.807) is 6.20 Å². The van der Waals surface area contributed by atoms with Crippen LogP contribution in [0.1, 0.15) is 24.8 Å². The van der Waals surface area contributed by atoms with Crippen LogP contribution in [-0.4, -0.2) is 68.9 Å². The van der Waals surface area contributed by atoms with Crippen molar-refractivity contribution in [2.45, 2.75) is 38.0 Å². The van der Waals surface area contributed by atoms with E-state index in [1.165, 1.54) is 0 Å². The normalized spacial score (nSPS) is 17.6. The molecule has 1 saturated heterocycles. The monoisotopic (exact) mass is 557 g/mol. The summed E-state index contributed by atoms with van der Waals surface area (Å²) in [5.74, 6) is 0.718. The topological polar surface area (TPSA) is 137 Å². The summed E-state index contributed by atoms with van der Waals surface area (Å²) in [7, 11) is 0. The molecule has 2 amide bonds. The molecule has 2 heterocycles. The number of piperidine rings is 1. The number of benzene rings is 2. The van der Waals surface area contributed by atoms with Crippen molar-refractivity contribution in [1.29, 1.82) is 0 Å². The van der Waals surface area contributed by atoms with E-state index in [-0.39, 0.29) is 38.1 Å². The number of nitrogens with one attached hydrogen (secondary N) is 2. The number of carbonyl (C=O) groups excluding carboxylic acids is 1. The number of nitrogens with zero attached hydrogens (tertiary/aromatic N) is 3. The minimum absolute atomic E-state index is 0.0500. The lowest BCUT2D eigenvalue weighted by molar-refractivity contribution is -0.127. The Bertz CT molecular complexity index is 1210. The van der Waals surface area contributed by atoms with E-state index in [4.69, 9.17) is 14.8 Å². The number of ether oxygens (including phenoxy) is 1. The summed E-state index contributed by atoms with van der Waals surface area (Å²) in [6.07, 6.45) is 1.70. The Morgan fingerprint density at radius 3 is 2.75 bits per heavy atom. The molecule has 4 N–H and O–H groups in total. The molecule has 36 heavy (non-hydrogen) atoms. The van der Waals surface area contributed by atoms with Gasteiger partial charge in [-0.1, -0.05) is 30.3 Å². The van der Waals surface area contributed by atoms with Crippen molar-refractivity contribution in [2.75, 3.05) is 25.0 Å². The van der Waals surface area contributed by atoms with Gasteiger partial charge in [-0.05, 0) is 52.9 Å². The average Bonchev–Trinajstić information content (AvgIpc) is 2.88. The van der Waals surface area contributed by atoms with Crippen LogP contribution >= 0.6 is 15.9 Å². The Balaban J connectivity index is 1.50. The first-order chi connectivity index (χ1) is 17.5. The van der Waals surface area contributed by atoms with Gasteiger partial charge in [0.15, 0.2) is 5.75 Å². The van der Waals surface area contributed by atoms with Crippen LogP contribution in [0, 0.1) is 0 Å². The van der Waals surface area contributed by atoms with Gasteiger partial charge in [0, 0.05) is 25.7 Å². The number of hydrogen-bond acceptors (Lipinski definition) is 7. The maximum absolute atomic E-state index is 12.7. The maximum Gasteiger partial charge on any atom is 0.407 e. The number of aliphatic hydroxyl groups excluding tert-OH is 1. The van der Waals surface area contributed by atoms with Gasteiger partial charge in [0.25, 0.3) is 0 Å². The van der Waals surface area contributed by atoms with Gasteiger partial charge in [-0.15, -0.1) is 0 Å². The van der Waals surface area contributed by atoms with E-state index >= 15 is 0 Å². The zero-order valence-electron chi connectivity index (χ0n) is 19.6. The van der Waals surface area contributed by atoms with Crippen LogP contribution in [0.5, 0.6) is 5.75 Å². The van der Waals surface area contributed by atoms with E-state index in [0.29, 0.717) is 42.0 Å². The maximum atomic E-state index is 12.7. The summed E-state index contributed by atoms with van der Waals surface area (Å²) < 4.78 is 6.85. The number of aromatic nitrogens is 2. The zero-order valence-corrected chi connectivity index (χ0v) is 21.1. The molecule has 4 rings (SSSR count). The van der Waals surface area contributed by atoms with Gasteiger partial charge in [-0.25, -0.2) is 9.78 Å². The number of likely N-dealkylation sites (tertiary alicyclic amines) is 1. The molecule has 0 bridgehead atoms. The molecular weight excluding hydrogens is 530 g/mol. The largest absolute Gasteiger partial charge is 0.485 e. The van der Waals surface area contributed by atoms with Crippen molar-refractivity contribution in [2.24, 2.45) is 0 Å². The highest BCUT2D eigenvalue weighted by molar-refractivity contribution is 9.10. The molecule has 1 aliphatic rings. The fraction of sp³-hybridized carbons (Fsp3) is 0.360. The van der Waals surface area contributed by atoms with Crippen molar-refractivity contribution in [3.8, 4) is 5.75 Å². The Hall–Kier alpha value is -3.44. The predicted octanol–water partition coefficient (Wildman–Crippen LogP) is 3.39. The second-order valence-electron chi connectivity index (χ2n) is 8.50. The van der Waals surface area contributed by atoms with Gasteiger partial charge in [-0.2, -0.15) is 0 Å². The Morgan fingerprint density at radius 1 is 1.19 bits per heavy atom. The molecule has 2 atom stereocenters. The van der Waals surface area contributed by atoms with E-state index in [9.17, 15) is 14.7 Å². The molecule has 1 aromatic heterocycles. The summed E-state index contributed by atoms with van der Waals surface area (Å²) in [6, 6.07) is 12.5. The lowest BCUT2D eigenvalue weighted by Gasteiger charge is -2.37. The molecule has 2 aromatic carbocycles. The molecule has 0 radical (unpaired) electrons. The van der Waals surface area contributed by atoms with E-state index in [0.717, 1.165) is 14.9 Å². The first-order valence-electron chi connectivity index (χ1n) is 11.7. The number of halogens is 1. The fourth-order valence-electron chi connectivity index (χ4n) is 4.16. The summed E-state index contributed by atoms with van der Waals surface area (Å²) in [5, 5.41) is 24.5. The number of fused-ring (bicyclic) bond motifs is 1. The SMILES string of the molecule is O=C(NCCCO)[C@@H]1C[C@@H](Nc2cnc3ccc(Br)c(OCc4ccccc4)c3n2)CCN1C(=O)O. The van der Waals surface area contributed by atoms with E-state index < -0.39 is 12.1 Å². The van der Waals surface area contributed by atoms with Crippen LogP contribution in [0.15, 0.2) is 53.1 Å². The first kappa shape index (κ1) is 25.6. The predicted molar refractivity (Wildman–Crippen MR) is 138 cm³/mol. The van der Waals surface area contributed by atoms with Crippen LogP contribution < -0.4 is 15.4 Å². The minimum Gasteiger partial charge on any atom is -0.485 e. The highest BCUT2D eigenvalue weighted by atomic mass is 79.9. The molecule has 1 aliphatic heterocycles. The number of aliphatic hydroxyl groups is 1. The van der Waals surface area contributed by atoms with Crippen molar-refractivity contribution in [3.05, 3.63) is 58.7 Å². The first-order valence-corrected chi connectivity index (χ1v) is 12.5. The standard InChI is InChI=1S/C25H28BrN5O5/c26-18-7-8-19-22(23(18)36-15-16-5-2-1-3-6-16)30-21(14-28-19)29-17-9-11-31(25(34)35)20(13-17)24(33)27-10-4-12-32/h1-3,5-8,14,17,20,32H,4,9-13,15H2,(H,27,33)(H,29,30)(H,34,35)/t17-,20-/m0/s1.